The van der Waals surface area contributed by atoms with E-state index in [-0.39, 0.29) is 5.78 Å². The van der Waals surface area contributed by atoms with Crippen LogP contribution in [0.15, 0.2) is 52.5 Å². The fourth-order valence-electron chi connectivity index (χ4n) is 1.47. The summed E-state index contributed by atoms with van der Waals surface area (Å²) in [5.41, 5.74) is 6.93. The number of benzene rings is 1. The summed E-state index contributed by atoms with van der Waals surface area (Å²) in [5, 5.41) is 0. The average Bonchev–Trinajstić information content (AvgIpc) is 2.30. The SMILES string of the molecule is CC(=O)c1ccc(Sc2ccncc2)cc1N. The van der Waals surface area contributed by atoms with Crippen molar-refractivity contribution in [2.45, 2.75) is 16.7 Å². The first kappa shape index (κ1) is 11.7. The van der Waals surface area contributed by atoms with Crippen molar-refractivity contribution >= 4 is 23.2 Å². The molecule has 3 nitrogen and oxygen atoms in total. The first-order valence-corrected chi connectivity index (χ1v) is 5.97. The normalized spacial score (nSPS) is 10.2. The monoisotopic (exact) mass is 244 g/mol. The van der Waals surface area contributed by atoms with E-state index in [4.69, 9.17) is 5.73 Å². The minimum Gasteiger partial charge on any atom is -0.398 e. The van der Waals surface area contributed by atoms with Crippen molar-refractivity contribution < 1.29 is 4.79 Å². The maximum absolute atomic E-state index is 11.2. The van der Waals surface area contributed by atoms with Gasteiger partial charge in [0.05, 0.1) is 0 Å². The molecule has 0 aliphatic rings. The number of hydrogen-bond acceptors (Lipinski definition) is 4. The van der Waals surface area contributed by atoms with Gasteiger partial charge in [0.2, 0.25) is 0 Å². The molecule has 0 fully saturated rings. The molecule has 86 valence electrons. The van der Waals surface area contributed by atoms with Crippen molar-refractivity contribution in [2.75, 3.05) is 5.73 Å². The molecule has 1 aromatic carbocycles. The molecule has 0 atom stereocenters. The lowest BCUT2D eigenvalue weighted by Gasteiger charge is -2.05. The summed E-state index contributed by atoms with van der Waals surface area (Å²) in [6, 6.07) is 9.35. The first-order chi connectivity index (χ1) is 8.16. The van der Waals surface area contributed by atoms with E-state index in [1.165, 1.54) is 6.92 Å². The van der Waals surface area contributed by atoms with Gasteiger partial charge in [-0.25, -0.2) is 0 Å². The van der Waals surface area contributed by atoms with Gasteiger partial charge in [0.1, 0.15) is 0 Å². The molecular formula is C13H12N2OS. The summed E-state index contributed by atoms with van der Waals surface area (Å²) in [6.07, 6.45) is 3.49. The number of carbonyl (C=O) groups excluding carboxylic acids is 1. The molecule has 2 N–H and O–H groups in total. The molecule has 0 aliphatic heterocycles. The predicted molar refractivity (Wildman–Crippen MR) is 69.2 cm³/mol. The zero-order chi connectivity index (χ0) is 12.3. The number of carbonyl (C=O) groups is 1. The molecule has 0 unspecified atom stereocenters. The highest BCUT2D eigenvalue weighted by atomic mass is 32.2. The molecule has 2 aromatic rings. The highest BCUT2D eigenvalue weighted by Gasteiger charge is 2.05. The van der Waals surface area contributed by atoms with E-state index in [9.17, 15) is 4.79 Å². The highest BCUT2D eigenvalue weighted by Crippen LogP contribution is 2.29. The van der Waals surface area contributed by atoms with Crippen molar-refractivity contribution in [3.8, 4) is 0 Å². The molecule has 0 aliphatic carbocycles. The van der Waals surface area contributed by atoms with Gasteiger partial charge in [0.15, 0.2) is 5.78 Å². The molecule has 0 saturated heterocycles. The Bertz CT molecular complexity index is 540. The summed E-state index contributed by atoms with van der Waals surface area (Å²) in [4.78, 5) is 17.3. The Labute approximate surface area is 104 Å². The van der Waals surface area contributed by atoms with Gasteiger partial charge in [-0.3, -0.25) is 9.78 Å². The van der Waals surface area contributed by atoms with Gasteiger partial charge in [-0.15, -0.1) is 0 Å². The number of hydrogen-bond donors (Lipinski definition) is 1. The predicted octanol–water partition coefficient (Wildman–Crippen LogP) is 3.02. The largest absolute Gasteiger partial charge is 0.398 e. The molecule has 4 heteroatoms. The van der Waals surface area contributed by atoms with Crippen LogP contribution < -0.4 is 5.73 Å². The second kappa shape index (κ2) is 5.01. The van der Waals surface area contributed by atoms with Gasteiger partial charge in [0, 0.05) is 33.4 Å². The molecule has 1 heterocycles. The van der Waals surface area contributed by atoms with Crippen LogP contribution >= 0.6 is 11.8 Å². The van der Waals surface area contributed by atoms with Gasteiger partial charge in [0.25, 0.3) is 0 Å². The third-order valence-electron chi connectivity index (χ3n) is 2.29. The lowest BCUT2D eigenvalue weighted by molar-refractivity contribution is 0.101. The molecule has 0 saturated carbocycles. The molecule has 0 spiro atoms. The minimum absolute atomic E-state index is 0.0111. The highest BCUT2D eigenvalue weighted by molar-refractivity contribution is 7.99. The maximum atomic E-state index is 11.2. The molecule has 2 rings (SSSR count). The van der Waals surface area contributed by atoms with Crippen LogP contribution in [0.3, 0.4) is 0 Å². The molecule has 1 aromatic heterocycles. The average molecular weight is 244 g/mol. The zero-order valence-corrected chi connectivity index (χ0v) is 10.2. The Kier molecular flexibility index (Phi) is 3.44. The van der Waals surface area contributed by atoms with Crippen molar-refractivity contribution in [3.05, 3.63) is 48.3 Å². The van der Waals surface area contributed by atoms with Crippen molar-refractivity contribution in [2.24, 2.45) is 0 Å². The summed E-state index contributed by atoms with van der Waals surface area (Å²) in [5.74, 6) is -0.0111. The van der Waals surface area contributed by atoms with Crippen molar-refractivity contribution in [1.29, 1.82) is 0 Å². The van der Waals surface area contributed by atoms with Gasteiger partial charge in [-0.1, -0.05) is 11.8 Å². The standard InChI is InChI=1S/C13H12N2OS/c1-9(16)12-3-2-11(8-13(12)14)17-10-4-6-15-7-5-10/h2-8H,14H2,1H3. The topological polar surface area (TPSA) is 56.0 Å². The van der Waals surface area contributed by atoms with E-state index in [0.29, 0.717) is 11.3 Å². The summed E-state index contributed by atoms with van der Waals surface area (Å²) < 4.78 is 0. The lowest BCUT2D eigenvalue weighted by atomic mass is 10.1. The molecule has 0 amide bonds. The molecule has 0 bridgehead atoms. The second-order valence-electron chi connectivity index (χ2n) is 3.59. The van der Waals surface area contributed by atoms with Crippen LogP contribution in [0.25, 0.3) is 0 Å². The van der Waals surface area contributed by atoms with E-state index in [2.05, 4.69) is 4.98 Å². The second-order valence-corrected chi connectivity index (χ2v) is 4.74. The van der Waals surface area contributed by atoms with E-state index >= 15 is 0 Å². The van der Waals surface area contributed by atoms with E-state index in [1.54, 1.807) is 30.2 Å². The van der Waals surface area contributed by atoms with E-state index < -0.39 is 0 Å². The fourth-order valence-corrected chi connectivity index (χ4v) is 2.32. The van der Waals surface area contributed by atoms with Crippen LogP contribution in [0.1, 0.15) is 17.3 Å². The Balaban J connectivity index is 2.24. The summed E-state index contributed by atoms with van der Waals surface area (Å²) in [6.45, 7) is 1.52. The fraction of sp³-hybridized carbons (Fsp3) is 0.0769. The van der Waals surface area contributed by atoms with Gasteiger partial charge < -0.3 is 5.73 Å². The van der Waals surface area contributed by atoms with Crippen LogP contribution in [0.5, 0.6) is 0 Å². The number of Topliss-reactive ketones (excluding diaryl/α,β-unsaturated/α-hetero) is 1. The quantitative estimate of drug-likeness (QED) is 0.666. The molecular weight excluding hydrogens is 232 g/mol. The number of anilines is 1. The van der Waals surface area contributed by atoms with Crippen LogP contribution in [-0.2, 0) is 0 Å². The van der Waals surface area contributed by atoms with Crippen molar-refractivity contribution in [3.63, 3.8) is 0 Å². The zero-order valence-electron chi connectivity index (χ0n) is 9.38. The van der Waals surface area contributed by atoms with Gasteiger partial charge >= 0.3 is 0 Å². The Hall–Kier alpha value is -1.81. The minimum atomic E-state index is -0.0111. The number of nitrogen functional groups attached to an aromatic ring is 1. The van der Waals surface area contributed by atoms with Gasteiger partial charge in [-0.2, -0.15) is 0 Å². The molecule has 0 radical (unpaired) electrons. The third kappa shape index (κ3) is 2.85. The molecule has 17 heavy (non-hydrogen) atoms. The van der Waals surface area contributed by atoms with Crippen LogP contribution in [0.2, 0.25) is 0 Å². The van der Waals surface area contributed by atoms with Crippen molar-refractivity contribution in [1.82, 2.24) is 4.98 Å². The number of ketones is 1. The van der Waals surface area contributed by atoms with E-state index in [1.807, 2.05) is 24.3 Å². The Morgan fingerprint density at radius 2 is 1.88 bits per heavy atom. The number of nitrogens with zero attached hydrogens (tertiary/aromatic N) is 1. The summed E-state index contributed by atoms with van der Waals surface area (Å²) in [7, 11) is 0. The van der Waals surface area contributed by atoms with E-state index in [0.717, 1.165) is 9.79 Å². The number of aromatic nitrogens is 1. The maximum Gasteiger partial charge on any atom is 0.161 e. The first-order valence-electron chi connectivity index (χ1n) is 5.15. The number of pyridine rings is 1. The van der Waals surface area contributed by atoms with Crippen LogP contribution in [0.4, 0.5) is 5.69 Å². The number of rotatable bonds is 3. The third-order valence-corrected chi connectivity index (χ3v) is 3.29. The lowest BCUT2D eigenvalue weighted by Crippen LogP contribution is -1.99. The smallest absolute Gasteiger partial charge is 0.161 e. The Morgan fingerprint density at radius 3 is 2.47 bits per heavy atom. The Morgan fingerprint density at radius 1 is 1.18 bits per heavy atom. The summed E-state index contributed by atoms with van der Waals surface area (Å²) >= 11 is 1.59. The van der Waals surface area contributed by atoms with Gasteiger partial charge in [-0.05, 0) is 37.3 Å². The van der Waals surface area contributed by atoms with Crippen LogP contribution in [0, 0.1) is 0 Å². The number of nitrogens with two attached hydrogens (primary N) is 1. The van der Waals surface area contributed by atoms with Crippen LogP contribution in [-0.4, -0.2) is 10.8 Å².